The fourth-order valence-corrected chi connectivity index (χ4v) is 2.32. The van der Waals surface area contributed by atoms with Crippen LogP contribution in [0.5, 0.6) is 17.2 Å². The van der Waals surface area contributed by atoms with E-state index >= 15 is 0 Å². The van der Waals surface area contributed by atoms with Gasteiger partial charge in [-0.25, -0.2) is 0 Å². The van der Waals surface area contributed by atoms with Crippen molar-refractivity contribution in [1.82, 2.24) is 0 Å². The minimum Gasteiger partial charge on any atom is -0.491 e. The third-order valence-electron chi connectivity index (χ3n) is 2.64. The lowest BCUT2D eigenvalue weighted by molar-refractivity contribution is 0.242. The van der Waals surface area contributed by atoms with E-state index in [-0.39, 0.29) is 6.10 Å². The smallest absolute Gasteiger partial charge is 0.133 e. The van der Waals surface area contributed by atoms with Gasteiger partial charge in [-0.15, -0.1) is 0 Å². The van der Waals surface area contributed by atoms with Crippen LogP contribution in [0.1, 0.15) is 19.4 Å². The molecule has 0 aliphatic heterocycles. The summed E-state index contributed by atoms with van der Waals surface area (Å²) in [4.78, 5) is 0. The standard InChI is InChI=1S/C16H18BrNO2/c1-10(2)19-14-7-13(18)8-15(9-14)20-16-5-4-12(17)6-11(16)3/h4-10H,18H2,1-3H3. The number of ether oxygens (including phenoxy) is 2. The van der Waals surface area contributed by atoms with Gasteiger partial charge in [-0.05, 0) is 44.5 Å². The van der Waals surface area contributed by atoms with Crippen molar-refractivity contribution in [3.8, 4) is 17.2 Å². The second-order valence-corrected chi connectivity index (χ2v) is 5.83. The molecule has 0 bridgehead atoms. The van der Waals surface area contributed by atoms with E-state index in [2.05, 4.69) is 15.9 Å². The van der Waals surface area contributed by atoms with Gasteiger partial charge in [0.15, 0.2) is 0 Å². The van der Waals surface area contributed by atoms with E-state index in [9.17, 15) is 0 Å². The molecule has 0 saturated heterocycles. The topological polar surface area (TPSA) is 44.5 Å². The summed E-state index contributed by atoms with van der Waals surface area (Å²) in [5.41, 5.74) is 7.55. The average Bonchev–Trinajstić information content (AvgIpc) is 2.31. The maximum Gasteiger partial charge on any atom is 0.133 e. The SMILES string of the molecule is Cc1cc(Br)ccc1Oc1cc(N)cc(OC(C)C)c1. The molecule has 2 rings (SSSR count). The summed E-state index contributed by atoms with van der Waals surface area (Å²) in [6.45, 7) is 5.95. The number of rotatable bonds is 4. The van der Waals surface area contributed by atoms with E-state index in [1.807, 2.05) is 45.0 Å². The van der Waals surface area contributed by atoms with Crippen molar-refractivity contribution in [2.24, 2.45) is 0 Å². The molecule has 0 saturated carbocycles. The summed E-state index contributed by atoms with van der Waals surface area (Å²) in [5.74, 6) is 2.19. The molecular weight excluding hydrogens is 318 g/mol. The van der Waals surface area contributed by atoms with Crippen molar-refractivity contribution in [2.45, 2.75) is 26.9 Å². The Morgan fingerprint density at radius 2 is 1.75 bits per heavy atom. The Kier molecular flexibility index (Phi) is 4.55. The zero-order chi connectivity index (χ0) is 14.7. The molecule has 3 nitrogen and oxygen atoms in total. The highest BCUT2D eigenvalue weighted by Crippen LogP contribution is 2.31. The van der Waals surface area contributed by atoms with E-state index in [0.717, 1.165) is 15.8 Å². The third-order valence-corrected chi connectivity index (χ3v) is 3.13. The second-order valence-electron chi connectivity index (χ2n) is 4.92. The van der Waals surface area contributed by atoms with Crippen LogP contribution in [0.15, 0.2) is 40.9 Å². The number of anilines is 1. The predicted molar refractivity (Wildman–Crippen MR) is 85.6 cm³/mol. The van der Waals surface area contributed by atoms with Crippen LogP contribution >= 0.6 is 15.9 Å². The van der Waals surface area contributed by atoms with E-state index in [1.165, 1.54) is 0 Å². The molecule has 0 radical (unpaired) electrons. The monoisotopic (exact) mass is 335 g/mol. The van der Waals surface area contributed by atoms with Crippen molar-refractivity contribution in [3.63, 3.8) is 0 Å². The van der Waals surface area contributed by atoms with Crippen LogP contribution in [0.2, 0.25) is 0 Å². The van der Waals surface area contributed by atoms with E-state index in [1.54, 1.807) is 12.1 Å². The Hall–Kier alpha value is -1.68. The second kappa shape index (κ2) is 6.18. The molecule has 0 aliphatic carbocycles. The number of benzene rings is 2. The molecule has 0 aliphatic rings. The average molecular weight is 336 g/mol. The minimum absolute atomic E-state index is 0.0964. The summed E-state index contributed by atoms with van der Waals surface area (Å²) in [7, 11) is 0. The molecule has 4 heteroatoms. The quantitative estimate of drug-likeness (QED) is 0.806. The Morgan fingerprint density at radius 1 is 1.05 bits per heavy atom. The first kappa shape index (κ1) is 14.7. The Bertz CT molecular complexity index is 611. The summed E-state index contributed by atoms with van der Waals surface area (Å²) in [6, 6.07) is 11.3. The normalized spacial score (nSPS) is 10.7. The van der Waals surface area contributed by atoms with Crippen LogP contribution in [0.25, 0.3) is 0 Å². The zero-order valence-corrected chi connectivity index (χ0v) is 13.4. The first-order valence-electron chi connectivity index (χ1n) is 6.45. The van der Waals surface area contributed by atoms with Gasteiger partial charge in [0.05, 0.1) is 6.10 Å². The lowest BCUT2D eigenvalue weighted by atomic mass is 10.2. The zero-order valence-electron chi connectivity index (χ0n) is 11.8. The molecule has 0 unspecified atom stereocenters. The highest BCUT2D eigenvalue weighted by atomic mass is 79.9. The molecule has 2 aromatic rings. The van der Waals surface area contributed by atoms with Gasteiger partial charge < -0.3 is 15.2 Å². The lowest BCUT2D eigenvalue weighted by Crippen LogP contribution is -2.06. The van der Waals surface area contributed by atoms with Crippen molar-refractivity contribution in [2.75, 3.05) is 5.73 Å². The first-order chi connectivity index (χ1) is 9.44. The van der Waals surface area contributed by atoms with Gasteiger partial charge >= 0.3 is 0 Å². The van der Waals surface area contributed by atoms with Gasteiger partial charge in [-0.1, -0.05) is 15.9 Å². The summed E-state index contributed by atoms with van der Waals surface area (Å²) in [6.07, 6.45) is 0.0964. The predicted octanol–water partition coefficient (Wildman–Crippen LogP) is 4.92. The molecule has 2 N–H and O–H groups in total. The molecule has 20 heavy (non-hydrogen) atoms. The van der Waals surface area contributed by atoms with Gasteiger partial charge in [0.2, 0.25) is 0 Å². The third kappa shape index (κ3) is 3.90. The molecule has 106 valence electrons. The molecule has 0 spiro atoms. The Labute approximate surface area is 127 Å². The molecule has 0 fully saturated rings. The van der Waals surface area contributed by atoms with Crippen LogP contribution in [-0.4, -0.2) is 6.10 Å². The van der Waals surface area contributed by atoms with Crippen LogP contribution in [0, 0.1) is 6.92 Å². The molecule has 0 heterocycles. The number of nitrogen functional groups attached to an aromatic ring is 1. The highest BCUT2D eigenvalue weighted by Gasteiger charge is 2.06. The van der Waals surface area contributed by atoms with Gasteiger partial charge in [0.25, 0.3) is 0 Å². The first-order valence-corrected chi connectivity index (χ1v) is 7.24. The fraction of sp³-hybridized carbons (Fsp3) is 0.250. The number of halogens is 1. The fourth-order valence-electron chi connectivity index (χ4n) is 1.85. The molecule has 2 aromatic carbocycles. The number of hydrogen-bond donors (Lipinski definition) is 1. The summed E-state index contributed by atoms with van der Waals surface area (Å²) < 4.78 is 12.6. The van der Waals surface area contributed by atoms with Crippen molar-refractivity contribution in [1.29, 1.82) is 0 Å². The molecular formula is C16H18BrNO2. The molecule has 0 amide bonds. The van der Waals surface area contributed by atoms with E-state index in [0.29, 0.717) is 17.2 Å². The van der Waals surface area contributed by atoms with Crippen LogP contribution < -0.4 is 15.2 Å². The molecule has 0 aromatic heterocycles. The Balaban J connectivity index is 2.26. The Morgan fingerprint density at radius 3 is 2.40 bits per heavy atom. The maximum atomic E-state index is 5.89. The van der Waals surface area contributed by atoms with Crippen molar-refractivity contribution >= 4 is 21.6 Å². The van der Waals surface area contributed by atoms with Gasteiger partial charge in [-0.3, -0.25) is 0 Å². The highest BCUT2D eigenvalue weighted by molar-refractivity contribution is 9.10. The van der Waals surface area contributed by atoms with Crippen molar-refractivity contribution < 1.29 is 9.47 Å². The van der Waals surface area contributed by atoms with E-state index < -0.39 is 0 Å². The lowest BCUT2D eigenvalue weighted by Gasteiger charge is -2.14. The minimum atomic E-state index is 0.0964. The summed E-state index contributed by atoms with van der Waals surface area (Å²) >= 11 is 3.44. The number of aryl methyl sites for hydroxylation is 1. The number of nitrogens with two attached hydrogens (primary N) is 1. The van der Waals surface area contributed by atoms with E-state index in [4.69, 9.17) is 15.2 Å². The van der Waals surface area contributed by atoms with Crippen LogP contribution in [0.3, 0.4) is 0 Å². The molecule has 0 atom stereocenters. The van der Waals surface area contributed by atoms with Gasteiger partial charge in [0, 0.05) is 28.4 Å². The van der Waals surface area contributed by atoms with Crippen LogP contribution in [-0.2, 0) is 0 Å². The largest absolute Gasteiger partial charge is 0.491 e. The van der Waals surface area contributed by atoms with Gasteiger partial charge in [0.1, 0.15) is 17.2 Å². The summed E-state index contributed by atoms with van der Waals surface area (Å²) in [5, 5.41) is 0. The number of hydrogen-bond acceptors (Lipinski definition) is 3. The maximum absolute atomic E-state index is 5.89. The van der Waals surface area contributed by atoms with Crippen molar-refractivity contribution in [3.05, 3.63) is 46.4 Å². The van der Waals surface area contributed by atoms with Gasteiger partial charge in [-0.2, -0.15) is 0 Å². The van der Waals surface area contributed by atoms with Crippen LogP contribution in [0.4, 0.5) is 5.69 Å².